The molecule has 0 spiro atoms. The molecule has 4 rings (SSSR count). The predicted octanol–water partition coefficient (Wildman–Crippen LogP) is 2.97. The van der Waals surface area contributed by atoms with E-state index in [1.807, 2.05) is 61.3 Å². The molecule has 1 aliphatic heterocycles. The van der Waals surface area contributed by atoms with Gasteiger partial charge in [-0.2, -0.15) is 0 Å². The second-order valence-corrected chi connectivity index (χ2v) is 8.67. The van der Waals surface area contributed by atoms with E-state index < -0.39 is 0 Å². The molecule has 1 atom stereocenters. The Bertz CT molecular complexity index is 1100. The highest BCUT2D eigenvalue weighted by atomic mass is 16.5. The van der Waals surface area contributed by atoms with Gasteiger partial charge in [-0.1, -0.05) is 48.5 Å². The molecule has 2 heterocycles. The first-order valence-electron chi connectivity index (χ1n) is 11.7. The number of likely N-dealkylation sites (N-methyl/N-ethyl adjacent to an activating group) is 1. The highest BCUT2D eigenvalue weighted by Gasteiger charge is 2.31. The maximum atomic E-state index is 14.0. The van der Waals surface area contributed by atoms with Crippen LogP contribution in [0.5, 0.6) is 0 Å². The summed E-state index contributed by atoms with van der Waals surface area (Å²) < 4.78 is 7.01. The summed E-state index contributed by atoms with van der Waals surface area (Å²) in [6.07, 6.45) is 0. The predicted molar refractivity (Wildman–Crippen MR) is 133 cm³/mol. The van der Waals surface area contributed by atoms with Crippen molar-refractivity contribution >= 4 is 12.4 Å². The van der Waals surface area contributed by atoms with Crippen molar-refractivity contribution in [3.63, 3.8) is 0 Å². The third kappa shape index (κ3) is 5.21. The SMILES string of the molecule is Cc1cc(C(=O)N2CCNC[C@H]2CN(C)CCOC=O)c(-c2ccccc2)n1-c1ccccc1. The molecule has 3 aromatic rings. The average molecular weight is 461 g/mol. The smallest absolute Gasteiger partial charge is 0.293 e. The number of carbonyl (C=O) groups excluding carboxylic acids is 2. The lowest BCUT2D eigenvalue weighted by Gasteiger charge is -2.38. The molecular formula is C27H32N4O3. The van der Waals surface area contributed by atoms with E-state index in [1.165, 1.54) is 0 Å². The van der Waals surface area contributed by atoms with Crippen LogP contribution >= 0.6 is 0 Å². The maximum absolute atomic E-state index is 14.0. The van der Waals surface area contributed by atoms with Crippen molar-refractivity contribution in [1.82, 2.24) is 19.7 Å². The van der Waals surface area contributed by atoms with Crippen LogP contribution in [0.1, 0.15) is 16.1 Å². The van der Waals surface area contributed by atoms with Crippen molar-refractivity contribution in [2.75, 3.05) is 46.4 Å². The molecule has 1 N–H and O–H groups in total. The zero-order valence-corrected chi connectivity index (χ0v) is 19.8. The summed E-state index contributed by atoms with van der Waals surface area (Å²) in [5.41, 5.74) is 4.69. The molecule has 0 saturated carbocycles. The monoisotopic (exact) mass is 460 g/mol. The fourth-order valence-corrected chi connectivity index (χ4v) is 4.65. The summed E-state index contributed by atoms with van der Waals surface area (Å²) in [6, 6.07) is 22.3. The van der Waals surface area contributed by atoms with Crippen LogP contribution in [0, 0.1) is 6.92 Å². The average Bonchev–Trinajstić information content (AvgIpc) is 3.22. The molecule has 0 unspecified atom stereocenters. The number of benzene rings is 2. The molecule has 1 saturated heterocycles. The minimum atomic E-state index is 0.0199. The van der Waals surface area contributed by atoms with Crippen molar-refractivity contribution in [3.05, 3.63) is 78.0 Å². The van der Waals surface area contributed by atoms with Crippen LogP contribution in [0.15, 0.2) is 66.7 Å². The Morgan fingerprint density at radius 1 is 1.15 bits per heavy atom. The molecule has 7 heteroatoms. The number of hydrogen-bond acceptors (Lipinski definition) is 5. The normalized spacial score (nSPS) is 16.0. The van der Waals surface area contributed by atoms with Gasteiger partial charge in [0.2, 0.25) is 0 Å². The van der Waals surface area contributed by atoms with Crippen molar-refractivity contribution in [1.29, 1.82) is 0 Å². The van der Waals surface area contributed by atoms with Gasteiger partial charge in [-0.05, 0) is 37.7 Å². The highest BCUT2D eigenvalue weighted by Crippen LogP contribution is 2.32. The zero-order chi connectivity index (χ0) is 23.9. The molecule has 1 fully saturated rings. The number of para-hydroxylation sites is 1. The first-order chi connectivity index (χ1) is 16.6. The molecule has 0 radical (unpaired) electrons. The Morgan fingerprint density at radius 3 is 2.56 bits per heavy atom. The van der Waals surface area contributed by atoms with Crippen molar-refractivity contribution in [2.45, 2.75) is 13.0 Å². The van der Waals surface area contributed by atoms with E-state index in [0.29, 0.717) is 38.3 Å². The van der Waals surface area contributed by atoms with Gasteiger partial charge in [0.15, 0.2) is 0 Å². The molecule has 178 valence electrons. The van der Waals surface area contributed by atoms with Crippen molar-refractivity contribution in [3.8, 4) is 16.9 Å². The van der Waals surface area contributed by atoms with E-state index in [4.69, 9.17) is 4.74 Å². The first-order valence-corrected chi connectivity index (χ1v) is 11.7. The lowest BCUT2D eigenvalue weighted by atomic mass is 10.0. The Balaban J connectivity index is 1.69. The van der Waals surface area contributed by atoms with Crippen molar-refractivity contribution < 1.29 is 14.3 Å². The number of carbonyl (C=O) groups is 2. The lowest BCUT2D eigenvalue weighted by molar-refractivity contribution is -0.129. The van der Waals surface area contributed by atoms with E-state index in [1.54, 1.807) is 0 Å². The van der Waals surface area contributed by atoms with Crippen LogP contribution in [-0.2, 0) is 9.53 Å². The van der Waals surface area contributed by atoms with E-state index in [0.717, 1.165) is 35.7 Å². The Labute approximate surface area is 200 Å². The van der Waals surface area contributed by atoms with Crippen LogP contribution in [-0.4, -0.2) is 79.2 Å². The quantitative estimate of drug-likeness (QED) is 0.393. The maximum Gasteiger partial charge on any atom is 0.293 e. The second kappa shape index (κ2) is 11.1. The molecule has 1 aliphatic rings. The first kappa shape index (κ1) is 23.7. The Hall–Kier alpha value is -3.42. The second-order valence-electron chi connectivity index (χ2n) is 8.67. The van der Waals surface area contributed by atoms with Crippen molar-refractivity contribution in [2.24, 2.45) is 0 Å². The molecule has 1 aromatic heterocycles. The summed E-state index contributed by atoms with van der Waals surface area (Å²) in [4.78, 5) is 28.6. The summed E-state index contributed by atoms with van der Waals surface area (Å²) in [6.45, 7) is 6.30. The third-order valence-electron chi connectivity index (χ3n) is 6.27. The lowest BCUT2D eigenvalue weighted by Crippen LogP contribution is -2.57. The van der Waals surface area contributed by atoms with Gasteiger partial charge < -0.3 is 24.4 Å². The fraction of sp³-hybridized carbons (Fsp3) is 0.333. The third-order valence-corrected chi connectivity index (χ3v) is 6.27. The van der Waals surface area contributed by atoms with E-state index in [9.17, 15) is 9.59 Å². The number of hydrogen-bond donors (Lipinski definition) is 1. The van der Waals surface area contributed by atoms with Gasteiger partial charge in [0.05, 0.1) is 17.3 Å². The summed E-state index contributed by atoms with van der Waals surface area (Å²) in [5.74, 6) is 0.0423. The molecule has 2 aromatic carbocycles. The fourth-order valence-electron chi connectivity index (χ4n) is 4.65. The number of aryl methyl sites for hydroxylation is 1. The van der Waals surface area contributed by atoms with Gasteiger partial charge in [0.1, 0.15) is 6.61 Å². The molecule has 0 aliphatic carbocycles. The van der Waals surface area contributed by atoms with Crippen LogP contribution < -0.4 is 5.32 Å². The molecule has 7 nitrogen and oxygen atoms in total. The summed E-state index contributed by atoms with van der Waals surface area (Å²) in [7, 11) is 1.98. The minimum Gasteiger partial charge on any atom is -0.467 e. The highest BCUT2D eigenvalue weighted by molar-refractivity contribution is 6.01. The van der Waals surface area contributed by atoms with Crippen LogP contribution in [0.4, 0.5) is 0 Å². The summed E-state index contributed by atoms with van der Waals surface area (Å²) in [5, 5.41) is 3.42. The van der Waals surface area contributed by atoms with Gasteiger partial charge in [-0.25, -0.2) is 0 Å². The topological polar surface area (TPSA) is 66.8 Å². The zero-order valence-electron chi connectivity index (χ0n) is 19.8. The van der Waals surface area contributed by atoms with Crippen LogP contribution in [0.2, 0.25) is 0 Å². The molecular weight excluding hydrogens is 428 g/mol. The van der Waals surface area contributed by atoms with Gasteiger partial charge in [-0.15, -0.1) is 0 Å². The van der Waals surface area contributed by atoms with Gasteiger partial charge in [0, 0.05) is 44.1 Å². The number of rotatable bonds is 9. The van der Waals surface area contributed by atoms with Gasteiger partial charge >= 0.3 is 0 Å². The molecule has 34 heavy (non-hydrogen) atoms. The number of piperazine rings is 1. The van der Waals surface area contributed by atoms with Gasteiger partial charge in [0.25, 0.3) is 12.4 Å². The number of aromatic nitrogens is 1. The van der Waals surface area contributed by atoms with Gasteiger partial charge in [-0.3, -0.25) is 9.59 Å². The van der Waals surface area contributed by atoms with Crippen LogP contribution in [0.3, 0.4) is 0 Å². The van der Waals surface area contributed by atoms with E-state index in [2.05, 4.69) is 39.0 Å². The molecule has 1 amide bonds. The minimum absolute atomic E-state index is 0.0199. The van der Waals surface area contributed by atoms with E-state index >= 15 is 0 Å². The van der Waals surface area contributed by atoms with Crippen LogP contribution in [0.25, 0.3) is 16.9 Å². The largest absolute Gasteiger partial charge is 0.467 e. The summed E-state index contributed by atoms with van der Waals surface area (Å²) >= 11 is 0. The number of nitrogens with zero attached hydrogens (tertiary/aromatic N) is 3. The Kier molecular flexibility index (Phi) is 7.77. The number of nitrogens with one attached hydrogen (secondary N) is 1. The Morgan fingerprint density at radius 2 is 1.85 bits per heavy atom. The number of ether oxygens (including phenoxy) is 1. The van der Waals surface area contributed by atoms with E-state index in [-0.39, 0.29) is 11.9 Å². The number of amides is 1. The standard InChI is InChI=1S/C27H32N4O3/c1-21-17-25(26(22-9-5-3-6-10-22)31(21)23-11-7-4-8-12-23)27(33)30-14-13-28-18-24(30)19-29(2)15-16-34-20-32/h3-12,17,20,24,28H,13-16,18-19H2,1-2H3/t24-/m0/s1. The molecule has 0 bridgehead atoms.